The summed E-state index contributed by atoms with van der Waals surface area (Å²) in [5.41, 5.74) is -0.286. The van der Waals surface area contributed by atoms with Crippen LogP contribution in [0, 0.1) is 5.41 Å². The Bertz CT molecular complexity index is 279. The second kappa shape index (κ2) is 2.97. The molecule has 0 radical (unpaired) electrons. The van der Waals surface area contributed by atoms with Crippen LogP contribution in [0.3, 0.4) is 0 Å². The van der Waals surface area contributed by atoms with Gasteiger partial charge in [0.05, 0.1) is 0 Å². The first-order valence-corrected chi connectivity index (χ1v) is 5.27. The van der Waals surface area contributed by atoms with Gasteiger partial charge in [-0.2, -0.15) is 0 Å². The van der Waals surface area contributed by atoms with Gasteiger partial charge in [-0.05, 0) is 26.7 Å². The minimum absolute atomic E-state index is 0.0908. The lowest BCUT2D eigenvalue weighted by Crippen LogP contribution is -2.50. The summed E-state index contributed by atoms with van der Waals surface area (Å²) in [6.07, 6.45) is 4.15. The van der Waals surface area contributed by atoms with Crippen molar-refractivity contribution >= 4 is 11.9 Å². The molecule has 1 spiro atoms. The van der Waals surface area contributed by atoms with Gasteiger partial charge < -0.3 is 4.90 Å². The van der Waals surface area contributed by atoms with Gasteiger partial charge in [-0.15, -0.1) is 0 Å². The third-order valence-corrected chi connectivity index (χ3v) is 3.32. The van der Waals surface area contributed by atoms with E-state index in [-0.39, 0.29) is 17.6 Å². The molecule has 1 saturated carbocycles. The van der Waals surface area contributed by atoms with Crippen molar-refractivity contribution in [2.45, 2.75) is 51.1 Å². The lowest BCUT2D eigenvalue weighted by atomic mass is 9.94. The molecule has 4 nitrogen and oxygen atoms in total. The molecule has 1 heterocycles. The monoisotopic (exact) mass is 195 g/mol. The summed E-state index contributed by atoms with van der Waals surface area (Å²) in [6.45, 7) is 4.02. The maximum Gasteiger partial charge on any atom is 0.323 e. The smallest absolute Gasteiger partial charge is 0.309 e. The van der Waals surface area contributed by atoms with Crippen LogP contribution in [-0.2, 0) is 0 Å². The van der Waals surface area contributed by atoms with E-state index in [2.05, 4.69) is 5.32 Å². The van der Waals surface area contributed by atoms with Crippen LogP contribution < -0.4 is 5.32 Å². The van der Waals surface area contributed by atoms with Crippen molar-refractivity contribution in [1.29, 1.82) is 5.41 Å². The van der Waals surface area contributed by atoms with Crippen LogP contribution in [0.25, 0.3) is 0 Å². The van der Waals surface area contributed by atoms with Gasteiger partial charge in [0, 0.05) is 6.04 Å². The fourth-order valence-corrected chi connectivity index (χ4v) is 2.78. The molecule has 14 heavy (non-hydrogen) atoms. The maximum absolute atomic E-state index is 11.7. The number of nitrogens with zero attached hydrogens (tertiary/aromatic N) is 1. The van der Waals surface area contributed by atoms with E-state index in [0.29, 0.717) is 5.84 Å². The summed E-state index contributed by atoms with van der Waals surface area (Å²) in [6, 6.07) is 0.0860. The molecule has 2 aliphatic rings. The van der Waals surface area contributed by atoms with Crippen molar-refractivity contribution in [2.24, 2.45) is 0 Å². The zero-order valence-electron chi connectivity index (χ0n) is 8.76. The summed E-state index contributed by atoms with van der Waals surface area (Å²) in [7, 11) is 0. The van der Waals surface area contributed by atoms with E-state index in [0.717, 1.165) is 25.7 Å². The van der Waals surface area contributed by atoms with Gasteiger partial charge in [0.25, 0.3) is 0 Å². The Morgan fingerprint density at radius 1 is 1.43 bits per heavy atom. The molecule has 4 heteroatoms. The summed E-state index contributed by atoms with van der Waals surface area (Å²) in [4.78, 5) is 13.5. The Labute approximate surface area is 84.2 Å². The molecular formula is C10H17N3O. The minimum Gasteiger partial charge on any atom is -0.309 e. The highest BCUT2D eigenvalue weighted by Gasteiger charge is 2.52. The predicted octanol–water partition coefficient (Wildman–Crippen LogP) is 1.71. The van der Waals surface area contributed by atoms with E-state index >= 15 is 0 Å². The summed E-state index contributed by atoms with van der Waals surface area (Å²) >= 11 is 0. The van der Waals surface area contributed by atoms with Crippen LogP contribution in [0.4, 0.5) is 4.79 Å². The predicted molar refractivity (Wildman–Crippen MR) is 54.4 cm³/mol. The van der Waals surface area contributed by atoms with E-state index in [1.54, 1.807) is 0 Å². The highest BCUT2D eigenvalue weighted by molar-refractivity contribution is 6.08. The topological polar surface area (TPSA) is 56.2 Å². The van der Waals surface area contributed by atoms with E-state index in [4.69, 9.17) is 5.41 Å². The van der Waals surface area contributed by atoms with Gasteiger partial charge in [0.15, 0.2) is 0 Å². The standard InChI is InChI=1S/C10H17N3O/c1-7(2)13-9(14)12-8(11)10(13)5-3-4-6-10/h7H,3-6H2,1-2H3,(H2,11,12,14). The number of hydrogen-bond donors (Lipinski definition) is 2. The van der Waals surface area contributed by atoms with Gasteiger partial charge in [0.2, 0.25) is 0 Å². The molecule has 2 rings (SSSR count). The Hall–Kier alpha value is -1.06. The Kier molecular flexibility index (Phi) is 2.01. The molecule has 2 amide bonds. The summed E-state index contributed by atoms with van der Waals surface area (Å²) < 4.78 is 0. The molecule has 1 aliphatic carbocycles. The number of carbonyl (C=O) groups excluding carboxylic acids is 1. The number of rotatable bonds is 1. The number of hydrogen-bond acceptors (Lipinski definition) is 2. The second-order valence-electron chi connectivity index (χ2n) is 4.51. The molecule has 0 aromatic heterocycles. The summed E-state index contributed by atoms with van der Waals surface area (Å²) in [5.74, 6) is 0.411. The van der Waals surface area contributed by atoms with E-state index in [9.17, 15) is 4.79 Å². The quantitative estimate of drug-likeness (QED) is 0.657. The van der Waals surface area contributed by atoms with Crippen molar-refractivity contribution in [1.82, 2.24) is 10.2 Å². The van der Waals surface area contributed by atoms with Gasteiger partial charge in [0.1, 0.15) is 11.4 Å². The molecule has 2 N–H and O–H groups in total. The third-order valence-electron chi connectivity index (χ3n) is 3.32. The van der Waals surface area contributed by atoms with Gasteiger partial charge in [-0.25, -0.2) is 4.79 Å². The summed E-state index contributed by atoms with van der Waals surface area (Å²) in [5, 5.41) is 10.5. The molecule has 0 atom stereocenters. The SMILES string of the molecule is CC(C)N1C(=O)NC(=N)C12CCCC2. The van der Waals surface area contributed by atoms with Crippen LogP contribution in [0.1, 0.15) is 39.5 Å². The first-order chi connectivity index (χ1) is 6.58. The Morgan fingerprint density at radius 3 is 2.50 bits per heavy atom. The number of amidine groups is 1. The number of carbonyl (C=O) groups is 1. The normalized spacial score (nSPS) is 25.2. The molecule has 1 saturated heterocycles. The first kappa shape index (κ1) is 9.49. The van der Waals surface area contributed by atoms with Gasteiger partial charge >= 0.3 is 6.03 Å². The zero-order valence-corrected chi connectivity index (χ0v) is 8.76. The maximum atomic E-state index is 11.7. The van der Waals surface area contributed by atoms with Crippen LogP contribution >= 0.6 is 0 Å². The van der Waals surface area contributed by atoms with Gasteiger partial charge in [-0.1, -0.05) is 12.8 Å². The average Bonchev–Trinajstić information content (AvgIpc) is 2.61. The molecule has 0 aromatic rings. The van der Waals surface area contributed by atoms with E-state index in [1.165, 1.54) is 0 Å². The van der Waals surface area contributed by atoms with Gasteiger partial charge in [-0.3, -0.25) is 10.7 Å². The number of nitrogens with one attached hydrogen (secondary N) is 2. The first-order valence-electron chi connectivity index (χ1n) is 5.27. The van der Waals surface area contributed by atoms with Crippen LogP contribution in [0.5, 0.6) is 0 Å². The average molecular weight is 195 g/mol. The second-order valence-corrected chi connectivity index (χ2v) is 4.51. The molecule has 0 unspecified atom stereocenters. The highest BCUT2D eigenvalue weighted by Crippen LogP contribution is 2.39. The largest absolute Gasteiger partial charge is 0.323 e. The lowest BCUT2D eigenvalue weighted by Gasteiger charge is -2.35. The van der Waals surface area contributed by atoms with E-state index in [1.807, 2.05) is 18.7 Å². The lowest BCUT2D eigenvalue weighted by molar-refractivity contribution is 0.151. The molecule has 1 aliphatic heterocycles. The molecular weight excluding hydrogens is 178 g/mol. The number of amides is 2. The fourth-order valence-electron chi connectivity index (χ4n) is 2.78. The van der Waals surface area contributed by atoms with Crippen molar-refractivity contribution in [3.8, 4) is 0 Å². The zero-order chi connectivity index (χ0) is 10.3. The van der Waals surface area contributed by atoms with Crippen molar-refractivity contribution < 1.29 is 4.79 Å². The molecule has 0 bridgehead atoms. The van der Waals surface area contributed by atoms with E-state index < -0.39 is 0 Å². The number of urea groups is 1. The molecule has 2 fully saturated rings. The Balaban J connectivity index is 2.36. The highest BCUT2D eigenvalue weighted by atomic mass is 16.2. The van der Waals surface area contributed by atoms with Crippen molar-refractivity contribution in [3.63, 3.8) is 0 Å². The molecule has 0 aromatic carbocycles. The molecule has 78 valence electrons. The van der Waals surface area contributed by atoms with Crippen molar-refractivity contribution in [3.05, 3.63) is 0 Å². The van der Waals surface area contributed by atoms with Crippen LogP contribution in [0.2, 0.25) is 0 Å². The minimum atomic E-state index is -0.286. The fraction of sp³-hybridized carbons (Fsp3) is 0.800. The van der Waals surface area contributed by atoms with Crippen molar-refractivity contribution in [2.75, 3.05) is 0 Å². The van der Waals surface area contributed by atoms with Crippen LogP contribution in [-0.4, -0.2) is 28.3 Å². The third kappa shape index (κ3) is 1.06. The Morgan fingerprint density at radius 2 is 2.00 bits per heavy atom. The van der Waals surface area contributed by atoms with Crippen LogP contribution in [0.15, 0.2) is 0 Å².